The van der Waals surface area contributed by atoms with E-state index in [1.165, 1.54) is 0 Å². The van der Waals surface area contributed by atoms with Crippen LogP contribution in [0.1, 0.15) is 6.42 Å². The minimum atomic E-state index is -0.318. The third-order valence-electron chi connectivity index (χ3n) is 1.19. The molecule has 0 aliphatic carbocycles. The summed E-state index contributed by atoms with van der Waals surface area (Å²) < 4.78 is 4.62. The smallest absolute Gasteiger partial charge is 0.407 e. The number of hydrogen-bond acceptors (Lipinski definition) is 2. The maximum Gasteiger partial charge on any atom is 0.407 e. The van der Waals surface area contributed by atoms with Crippen molar-refractivity contribution in [2.75, 3.05) is 6.61 Å². The van der Waals surface area contributed by atoms with Gasteiger partial charge in [0.15, 0.2) is 0 Å². The Bertz CT molecular complexity index is 133. The summed E-state index contributed by atoms with van der Waals surface area (Å²) in [5, 5.41) is 2.62. The van der Waals surface area contributed by atoms with Gasteiger partial charge in [0.05, 0.1) is 6.04 Å². The highest BCUT2D eigenvalue weighted by atomic mass is 16.6. The van der Waals surface area contributed by atoms with Crippen molar-refractivity contribution < 1.29 is 9.53 Å². The van der Waals surface area contributed by atoms with Crippen molar-refractivity contribution >= 4 is 6.09 Å². The fraction of sp³-hybridized carbons (Fsp3) is 0.500. The number of hydrogen-bond donors (Lipinski definition) is 1. The molecule has 1 aliphatic heterocycles. The third kappa shape index (κ3) is 1.45. The Morgan fingerprint density at radius 3 is 3.22 bits per heavy atom. The van der Waals surface area contributed by atoms with E-state index in [9.17, 15) is 4.79 Å². The predicted molar refractivity (Wildman–Crippen MR) is 33.1 cm³/mol. The molecule has 0 aromatic rings. The zero-order valence-electron chi connectivity index (χ0n) is 5.09. The van der Waals surface area contributed by atoms with Gasteiger partial charge in [0, 0.05) is 0 Å². The second-order valence-corrected chi connectivity index (χ2v) is 1.96. The first-order chi connectivity index (χ1) is 4.33. The lowest BCUT2D eigenvalue weighted by Crippen LogP contribution is -2.24. The van der Waals surface area contributed by atoms with Crippen molar-refractivity contribution in [3.63, 3.8) is 0 Å². The Hall–Kier alpha value is -0.990. The second-order valence-electron chi connectivity index (χ2n) is 1.96. The molecule has 0 unspecified atom stereocenters. The zero-order valence-corrected chi connectivity index (χ0v) is 5.09. The lowest BCUT2D eigenvalue weighted by Gasteiger charge is -1.99. The summed E-state index contributed by atoms with van der Waals surface area (Å²) in [7, 11) is 0. The zero-order chi connectivity index (χ0) is 6.69. The van der Waals surface area contributed by atoms with E-state index >= 15 is 0 Å². The lowest BCUT2D eigenvalue weighted by atomic mass is 10.2. The van der Waals surface area contributed by atoms with Crippen LogP contribution in [0.5, 0.6) is 0 Å². The molecule has 0 aromatic heterocycles. The van der Waals surface area contributed by atoms with Crippen molar-refractivity contribution in [2.24, 2.45) is 0 Å². The molecule has 0 radical (unpaired) electrons. The van der Waals surface area contributed by atoms with Crippen LogP contribution in [0.2, 0.25) is 0 Å². The monoisotopic (exact) mass is 127 g/mol. The minimum Gasteiger partial charge on any atom is -0.447 e. The van der Waals surface area contributed by atoms with Gasteiger partial charge in [-0.25, -0.2) is 4.79 Å². The molecular formula is C6H9NO2. The Kier molecular flexibility index (Phi) is 1.72. The normalized spacial score (nSPS) is 24.9. The molecule has 1 rings (SSSR count). The summed E-state index contributed by atoms with van der Waals surface area (Å²) in [6, 6.07) is 0.148. The van der Waals surface area contributed by atoms with Crippen LogP contribution in [0.3, 0.4) is 0 Å². The largest absolute Gasteiger partial charge is 0.447 e. The van der Waals surface area contributed by atoms with E-state index in [2.05, 4.69) is 16.6 Å². The second kappa shape index (κ2) is 2.53. The van der Waals surface area contributed by atoms with E-state index in [4.69, 9.17) is 0 Å². The number of ether oxygens (including phenoxy) is 1. The van der Waals surface area contributed by atoms with Gasteiger partial charge in [0.25, 0.3) is 0 Å². The lowest BCUT2D eigenvalue weighted by molar-refractivity contribution is 0.177. The molecule has 1 amide bonds. The van der Waals surface area contributed by atoms with Crippen LogP contribution in [0.4, 0.5) is 4.79 Å². The van der Waals surface area contributed by atoms with Crippen molar-refractivity contribution in [3.8, 4) is 0 Å². The average molecular weight is 127 g/mol. The fourth-order valence-electron chi connectivity index (χ4n) is 0.754. The van der Waals surface area contributed by atoms with Gasteiger partial charge in [-0.05, 0) is 6.42 Å². The Morgan fingerprint density at radius 1 is 2.00 bits per heavy atom. The summed E-state index contributed by atoms with van der Waals surface area (Å²) in [5.74, 6) is 0. The molecule has 50 valence electrons. The van der Waals surface area contributed by atoms with Crippen LogP contribution in [0.25, 0.3) is 0 Å². The summed E-state index contributed by atoms with van der Waals surface area (Å²) in [6.07, 6.45) is 2.23. The third-order valence-corrected chi connectivity index (χ3v) is 1.19. The number of carbonyl (C=O) groups is 1. The summed E-state index contributed by atoms with van der Waals surface area (Å²) in [5.41, 5.74) is 0. The summed E-state index contributed by atoms with van der Waals surface area (Å²) in [6.45, 7) is 4.02. The Labute approximate surface area is 53.7 Å². The molecular weight excluding hydrogens is 118 g/mol. The molecule has 0 saturated carbocycles. The first-order valence-corrected chi connectivity index (χ1v) is 2.87. The van der Waals surface area contributed by atoms with Gasteiger partial charge in [0.2, 0.25) is 0 Å². The number of cyclic esters (lactones) is 1. The van der Waals surface area contributed by atoms with E-state index in [0.717, 1.165) is 6.42 Å². The molecule has 9 heavy (non-hydrogen) atoms. The molecule has 1 saturated heterocycles. The minimum absolute atomic E-state index is 0.148. The first-order valence-electron chi connectivity index (χ1n) is 2.87. The van der Waals surface area contributed by atoms with E-state index < -0.39 is 0 Å². The van der Waals surface area contributed by atoms with Gasteiger partial charge in [-0.15, -0.1) is 6.58 Å². The highest BCUT2D eigenvalue weighted by Crippen LogP contribution is 2.01. The molecule has 0 aromatic carbocycles. The molecule has 0 spiro atoms. The molecule has 1 N–H and O–H groups in total. The van der Waals surface area contributed by atoms with Crippen molar-refractivity contribution in [1.82, 2.24) is 5.32 Å². The fourth-order valence-corrected chi connectivity index (χ4v) is 0.754. The van der Waals surface area contributed by atoms with E-state index in [1.54, 1.807) is 6.08 Å². The molecule has 1 heterocycles. The highest BCUT2D eigenvalue weighted by molar-refractivity contribution is 5.69. The quantitative estimate of drug-likeness (QED) is 0.554. The maximum absolute atomic E-state index is 10.4. The van der Waals surface area contributed by atoms with Gasteiger partial charge in [-0.2, -0.15) is 0 Å². The Balaban J connectivity index is 2.29. The van der Waals surface area contributed by atoms with E-state index in [1.807, 2.05) is 0 Å². The maximum atomic E-state index is 10.4. The predicted octanol–water partition coefficient (Wildman–Crippen LogP) is 0.671. The average Bonchev–Trinajstić information content (AvgIpc) is 2.17. The molecule has 3 nitrogen and oxygen atoms in total. The van der Waals surface area contributed by atoms with Gasteiger partial charge in [0.1, 0.15) is 6.61 Å². The SMILES string of the molecule is C=CC[C@@H]1COC(=O)N1. The van der Waals surface area contributed by atoms with Crippen LogP contribution in [0, 0.1) is 0 Å². The van der Waals surface area contributed by atoms with E-state index in [0.29, 0.717) is 6.61 Å². The molecule has 1 aliphatic rings. The van der Waals surface area contributed by atoms with Gasteiger partial charge >= 0.3 is 6.09 Å². The van der Waals surface area contributed by atoms with Crippen LogP contribution in [-0.2, 0) is 4.74 Å². The summed E-state index contributed by atoms with van der Waals surface area (Å²) in [4.78, 5) is 10.4. The molecule has 1 fully saturated rings. The van der Waals surface area contributed by atoms with Crippen LogP contribution >= 0.6 is 0 Å². The molecule has 1 atom stereocenters. The van der Waals surface area contributed by atoms with Crippen molar-refractivity contribution in [2.45, 2.75) is 12.5 Å². The van der Waals surface area contributed by atoms with Crippen LogP contribution in [0.15, 0.2) is 12.7 Å². The topological polar surface area (TPSA) is 38.3 Å². The number of alkyl carbamates (subject to hydrolysis) is 1. The van der Waals surface area contributed by atoms with Gasteiger partial charge < -0.3 is 10.1 Å². The molecule has 0 bridgehead atoms. The Morgan fingerprint density at radius 2 is 2.78 bits per heavy atom. The standard InChI is InChI=1S/C6H9NO2/c1-2-3-5-4-9-6(8)7-5/h2,5H,1,3-4H2,(H,7,8)/t5-/m1/s1. The van der Waals surface area contributed by atoms with Gasteiger partial charge in [-0.1, -0.05) is 6.08 Å². The van der Waals surface area contributed by atoms with Gasteiger partial charge in [-0.3, -0.25) is 0 Å². The molecule has 3 heteroatoms. The van der Waals surface area contributed by atoms with Crippen LogP contribution < -0.4 is 5.32 Å². The van der Waals surface area contributed by atoms with Crippen LogP contribution in [-0.4, -0.2) is 18.7 Å². The highest BCUT2D eigenvalue weighted by Gasteiger charge is 2.19. The number of amides is 1. The van der Waals surface area contributed by atoms with Crippen molar-refractivity contribution in [3.05, 3.63) is 12.7 Å². The first kappa shape index (κ1) is 6.13. The summed E-state index contributed by atoms with van der Waals surface area (Å²) >= 11 is 0. The number of rotatable bonds is 2. The number of carbonyl (C=O) groups excluding carboxylic acids is 1. The van der Waals surface area contributed by atoms with Crippen molar-refractivity contribution in [1.29, 1.82) is 0 Å². The number of nitrogens with one attached hydrogen (secondary N) is 1. The van der Waals surface area contributed by atoms with E-state index in [-0.39, 0.29) is 12.1 Å².